The van der Waals surface area contributed by atoms with Crippen molar-refractivity contribution in [3.05, 3.63) is 23.4 Å². The molecule has 1 unspecified atom stereocenters. The Morgan fingerprint density at radius 2 is 1.87 bits per heavy atom. The molecular formula is C13H18N2. The second kappa shape index (κ2) is 3.76. The molecule has 2 heterocycles. The van der Waals surface area contributed by atoms with E-state index in [1.54, 1.807) is 0 Å². The Hall–Kier alpha value is -1.18. The van der Waals surface area contributed by atoms with Gasteiger partial charge >= 0.3 is 0 Å². The molecule has 2 aliphatic heterocycles. The van der Waals surface area contributed by atoms with E-state index in [0.29, 0.717) is 17.8 Å². The standard InChI is InChI=1S/C13H18N2/c1-8(2)10-5-11-12(9(3)4)7-15-13(11)14-6-10/h5-9,11H,1-4H3. The van der Waals surface area contributed by atoms with Crippen molar-refractivity contribution >= 4 is 12.1 Å². The van der Waals surface area contributed by atoms with Crippen molar-refractivity contribution in [3.63, 3.8) is 0 Å². The summed E-state index contributed by atoms with van der Waals surface area (Å²) in [5.74, 6) is 2.40. The third-order valence-electron chi connectivity index (χ3n) is 3.02. The Kier molecular flexibility index (Phi) is 2.59. The molecule has 2 nitrogen and oxygen atoms in total. The fraction of sp³-hybridized carbons (Fsp3) is 0.538. The molecule has 1 atom stereocenters. The molecule has 2 aliphatic rings. The molecule has 0 bridgehead atoms. The Balaban J connectivity index is 2.28. The lowest BCUT2D eigenvalue weighted by Crippen LogP contribution is -2.18. The zero-order chi connectivity index (χ0) is 11.0. The Bertz CT molecular complexity index is 381. The van der Waals surface area contributed by atoms with E-state index in [2.05, 4.69) is 43.8 Å². The number of amidine groups is 1. The number of hydrogen-bond acceptors (Lipinski definition) is 2. The van der Waals surface area contributed by atoms with Crippen molar-refractivity contribution in [2.45, 2.75) is 27.7 Å². The molecule has 0 aromatic carbocycles. The molecule has 0 aliphatic carbocycles. The average Bonchev–Trinajstić information content (AvgIpc) is 2.59. The Labute approximate surface area is 91.5 Å². The van der Waals surface area contributed by atoms with Crippen molar-refractivity contribution in [2.75, 3.05) is 0 Å². The molecule has 0 saturated heterocycles. The molecule has 0 radical (unpaired) electrons. The quantitative estimate of drug-likeness (QED) is 0.657. The van der Waals surface area contributed by atoms with Crippen molar-refractivity contribution in [1.82, 2.24) is 0 Å². The summed E-state index contributed by atoms with van der Waals surface area (Å²) in [6, 6.07) is 0. The maximum absolute atomic E-state index is 4.43. The highest BCUT2D eigenvalue weighted by molar-refractivity contribution is 6.03. The Morgan fingerprint density at radius 1 is 1.13 bits per heavy atom. The molecule has 0 saturated carbocycles. The fourth-order valence-corrected chi connectivity index (χ4v) is 1.96. The molecule has 2 rings (SSSR count). The highest BCUT2D eigenvalue weighted by atomic mass is 14.9. The predicted molar refractivity (Wildman–Crippen MR) is 65.3 cm³/mol. The van der Waals surface area contributed by atoms with E-state index in [9.17, 15) is 0 Å². The number of dihydropyridines is 1. The van der Waals surface area contributed by atoms with E-state index in [1.165, 1.54) is 11.1 Å². The number of hydrogen-bond donors (Lipinski definition) is 0. The predicted octanol–water partition coefficient (Wildman–Crippen LogP) is 3.22. The molecule has 15 heavy (non-hydrogen) atoms. The van der Waals surface area contributed by atoms with Crippen LogP contribution in [0.5, 0.6) is 0 Å². The van der Waals surface area contributed by atoms with Crippen molar-refractivity contribution < 1.29 is 0 Å². The number of allylic oxidation sites excluding steroid dienone is 1. The SMILES string of the molecule is CC(C)C1=CC2C(C(C)C)=CN=C2N=C1. The molecule has 0 N–H and O–H groups in total. The molecule has 0 amide bonds. The van der Waals surface area contributed by atoms with Crippen molar-refractivity contribution in [3.8, 4) is 0 Å². The van der Waals surface area contributed by atoms with Crippen LogP contribution in [-0.2, 0) is 0 Å². The van der Waals surface area contributed by atoms with Crippen LogP contribution >= 0.6 is 0 Å². The van der Waals surface area contributed by atoms with Crippen molar-refractivity contribution in [1.29, 1.82) is 0 Å². The molecular weight excluding hydrogens is 184 g/mol. The number of fused-ring (bicyclic) bond motifs is 1. The van der Waals surface area contributed by atoms with Gasteiger partial charge in [0.2, 0.25) is 0 Å². The first-order chi connectivity index (χ1) is 7.09. The normalized spacial score (nSPS) is 24.1. The van der Waals surface area contributed by atoms with Gasteiger partial charge in [0.1, 0.15) is 5.84 Å². The monoisotopic (exact) mass is 202 g/mol. The van der Waals surface area contributed by atoms with E-state index in [-0.39, 0.29) is 0 Å². The van der Waals surface area contributed by atoms with Gasteiger partial charge in [0.15, 0.2) is 0 Å². The number of nitrogens with zero attached hydrogens (tertiary/aromatic N) is 2. The van der Waals surface area contributed by atoms with Crippen LogP contribution in [0.1, 0.15) is 27.7 Å². The highest BCUT2D eigenvalue weighted by Gasteiger charge is 2.27. The summed E-state index contributed by atoms with van der Waals surface area (Å²) in [5, 5.41) is 0. The van der Waals surface area contributed by atoms with Crippen LogP contribution in [0.15, 0.2) is 33.4 Å². The molecule has 0 spiro atoms. The van der Waals surface area contributed by atoms with Gasteiger partial charge in [0.05, 0.1) is 5.92 Å². The fourth-order valence-electron chi connectivity index (χ4n) is 1.96. The smallest absolute Gasteiger partial charge is 0.139 e. The van der Waals surface area contributed by atoms with Crippen LogP contribution in [-0.4, -0.2) is 12.1 Å². The van der Waals surface area contributed by atoms with E-state index in [4.69, 9.17) is 0 Å². The maximum atomic E-state index is 4.43. The van der Waals surface area contributed by atoms with E-state index in [1.807, 2.05) is 12.4 Å². The second-order valence-electron chi connectivity index (χ2n) is 4.83. The van der Waals surface area contributed by atoms with Gasteiger partial charge in [-0.25, -0.2) is 9.98 Å². The minimum absolute atomic E-state index is 0.340. The first-order valence-electron chi connectivity index (χ1n) is 5.63. The molecule has 0 aromatic rings. The average molecular weight is 202 g/mol. The molecule has 0 fully saturated rings. The lowest BCUT2D eigenvalue weighted by molar-refractivity contribution is 0.706. The third-order valence-corrected chi connectivity index (χ3v) is 3.02. The zero-order valence-corrected chi connectivity index (χ0v) is 9.86. The summed E-state index contributed by atoms with van der Waals surface area (Å²) in [4.78, 5) is 8.80. The molecule has 80 valence electrons. The van der Waals surface area contributed by atoms with Gasteiger partial charge in [0, 0.05) is 12.4 Å². The van der Waals surface area contributed by atoms with Gasteiger partial charge in [-0.05, 0) is 23.0 Å². The van der Waals surface area contributed by atoms with Gasteiger partial charge in [-0.15, -0.1) is 0 Å². The van der Waals surface area contributed by atoms with E-state index >= 15 is 0 Å². The topological polar surface area (TPSA) is 24.7 Å². The van der Waals surface area contributed by atoms with Gasteiger partial charge < -0.3 is 0 Å². The minimum atomic E-state index is 0.340. The van der Waals surface area contributed by atoms with Crippen LogP contribution in [0.25, 0.3) is 0 Å². The minimum Gasteiger partial charge on any atom is -0.240 e. The summed E-state index contributed by atoms with van der Waals surface area (Å²) >= 11 is 0. The second-order valence-corrected chi connectivity index (χ2v) is 4.83. The van der Waals surface area contributed by atoms with Crippen LogP contribution in [0.2, 0.25) is 0 Å². The maximum Gasteiger partial charge on any atom is 0.139 e. The summed E-state index contributed by atoms with van der Waals surface area (Å²) in [6.07, 6.45) is 6.26. The van der Waals surface area contributed by atoms with Crippen molar-refractivity contribution in [2.24, 2.45) is 27.7 Å². The molecule has 0 aromatic heterocycles. The van der Waals surface area contributed by atoms with Gasteiger partial charge in [-0.2, -0.15) is 0 Å². The van der Waals surface area contributed by atoms with Crippen LogP contribution in [0.4, 0.5) is 0 Å². The summed E-state index contributed by atoms with van der Waals surface area (Å²) < 4.78 is 0. The number of aliphatic imine (C=N–C) groups is 2. The van der Waals surface area contributed by atoms with Crippen LogP contribution < -0.4 is 0 Å². The zero-order valence-electron chi connectivity index (χ0n) is 9.86. The largest absolute Gasteiger partial charge is 0.240 e. The van der Waals surface area contributed by atoms with Gasteiger partial charge in [0.25, 0.3) is 0 Å². The summed E-state index contributed by atoms with van der Waals surface area (Å²) in [7, 11) is 0. The first-order valence-corrected chi connectivity index (χ1v) is 5.63. The van der Waals surface area contributed by atoms with E-state index in [0.717, 1.165) is 5.84 Å². The summed E-state index contributed by atoms with van der Waals surface area (Å²) in [5.41, 5.74) is 2.72. The lowest BCUT2D eigenvalue weighted by Gasteiger charge is -2.20. The first kappa shape index (κ1) is 10.3. The lowest BCUT2D eigenvalue weighted by atomic mass is 9.86. The number of rotatable bonds is 2. The van der Waals surface area contributed by atoms with E-state index < -0.39 is 0 Å². The molecule has 2 heteroatoms. The third kappa shape index (κ3) is 1.81. The Morgan fingerprint density at radius 3 is 2.47 bits per heavy atom. The highest BCUT2D eigenvalue weighted by Crippen LogP contribution is 2.32. The van der Waals surface area contributed by atoms with Gasteiger partial charge in [-0.1, -0.05) is 33.8 Å². The summed E-state index contributed by atoms with van der Waals surface area (Å²) in [6.45, 7) is 8.83. The van der Waals surface area contributed by atoms with Gasteiger partial charge in [-0.3, -0.25) is 0 Å². The van der Waals surface area contributed by atoms with Crippen LogP contribution in [0.3, 0.4) is 0 Å². The van der Waals surface area contributed by atoms with Crippen LogP contribution in [0, 0.1) is 17.8 Å².